The largest absolute Gasteiger partial charge is 0.462 e. The van der Waals surface area contributed by atoms with E-state index < -0.39 is 28.3 Å². The lowest BCUT2D eigenvalue weighted by molar-refractivity contribution is -0.162. The molecule has 2 unspecified atom stereocenters. The van der Waals surface area contributed by atoms with Crippen LogP contribution in [-0.4, -0.2) is 40.1 Å². The number of aliphatic hydroxyl groups is 1. The van der Waals surface area contributed by atoms with E-state index in [2.05, 4.69) is 28.9 Å². The van der Waals surface area contributed by atoms with Crippen LogP contribution in [0.1, 0.15) is 65.7 Å². The van der Waals surface area contributed by atoms with Crippen molar-refractivity contribution in [1.29, 1.82) is 0 Å². The summed E-state index contributed by atoms with van der Waals surface area (Å²) < 4.78 is 18.8. The Morgan fingerprint density at radius 3 is 2.66 bits per heavy atom. The van der Waals surface area contributed by atoms with Gasteiger partial charge >= 0.3 is 5.97 Å². The molecule has 0 radical (unpaired) electrons. The van der Waals surface area contributed by atoms with E-state index >= 15 is 0 Å². The van der Waals surface area contributed by atoms with E-state index in [0.717, 1.165) is 38.5 Å². The summed E-state index contributed by atoms with van der Waals surface area (Å²) in [5.74, 6) is 0.165. The second-order valence-electron chi connectivity index (χ2n) is 10.2. The zero-order chi connectivity index (χ0) is 21.2. The first-order chi connectivity index (χ1) is 13.6. The van der Waals surface area contributed by atoms with Gasteiger partial charge in [-0.25, -0.2) is 4.39 Å². The summed E-state index contributed by atoms with van der Waals surface area (Å²) in [5, 5.41) is 11.4. The van der Waals surface area contributed by atoms with Gasteiger partial charge < -0.3 is 9.84 Å². The lowest BCUT2D eigenvalue weighted by Crippen LogP contribution is -2.59. The summed E-state index contributed by atoms with van der Waals surface area (Å²) in [6.07, 6.45) is 8.29. The molecule has 162 valence electrons. The van der Waals surface area contributed by atoms with Gasteiger partial charge in [-0.1, -0.05) is 41.4 Å². The first-order valence-corrected chi connectivity index (χ1v) is 11.8. The number of rotatable bonds is 3. The van der Waals surface area contributed by atoms with Crippen LogP contribution >= 0.6 is 15.9 Å². The van der Waals surface area contributed by atoms with Crippen molar-refractivity contribution in [1.82, 2.24) is 0 Å². The van der Waals surface area contributed by atoms with Crippen LogP contribution in [0.4, 0.5) is 4.39 Å². The zero-order valence-corrected chi connectivity index (χ0v) is 19.1. The van der Waals surface area contributed by atoms with Gasteiger partial charge in [-0.3, -0.25) is 9.59 Å². The Balaban J connectivity index is 1.63. The van der Waals surface area contributed by atoms with Gasteiger partial charge in [-0.05, 0) is 61.7 Å². The molecule has 8 atom stereocenters. The molecule has 0 aliphatic heterocycles. The van der Waals surface area contributed by atoms with Gasteiger partial charge in [0.2, 0.25) is 0 Å². The molecular weight excluding hydrogens is 439 g/mol. The highest BCUT2D eigenvalue weighted by atomic mass is 79.9. The fraction of sp³-hybridized carbons (Fsp3) is 0.826. The van der Waals surface area contributed by atoms with Crippen molar-refractivity contribution >= 4 is 27.7 Å². The Morgan fingerprint density at radius 1 is 1.28 bits per heavy atom. The average molecular weight is 471 g/mol. The zero-order valence-electron chi connectivity index (χ0n) is 17.5. The standard InChI is InChI=1S/C23H32BrFO4/c1-13(26)29-15-6-8-21(2)14(10-15)4-5-16-17(21)7-9-22(3)18(16)11-19(24)23(22,28)20(27)12-25/h4,15-19,28H,5-12H2,1-3H3/t15?,16-,17+,18+,19?,21+,22+,23+/m1/s1. The van der Waals surface area contributed by atoms with Crippen LogP contribution in [0.15, 0.2) is 11.6 Å². The number of esters is 1. The minimum atomic E-state index is -1.63. The molecule has 0 saturated heterocycles. The van der Waals surface area contributed by atoms with E-state index in [1.54, 1.807) is 0 Å². The molecule has 0 bridgehead atoms. The maximum absolute atomic E-state index is 13.4. The summed E-state index contributed by atoms with van der Waals surface area (Å²) in [6.45, 7) is 4.70. The quantitative estimate of drug-likeness (QED) is 0.374. The molecule has 0 spiro atoms. The Labute approximate surface area is 180 Å². The van der Waals surface area contributed by atoms with Crippen LogP contribution in [0, 0.1) is 28.6 Å². The van der Waals surface area contributed by atoms with Gasteiger partial charge in [0.1, 0.15) is 11.7 Å². The lowest BCUT2D eigenvalue weighted by Gasteiger charge is -2.58. The van der Waals surface area contributed by atoms with Crippen LogP contribution in [0.3, 0.4) is 0 Å². The van der Waals surface area contributed by atoms with Crippen molar-refractivity contribution in [2.75, 3.05) is 6.67 Å². The van der Waals surface area contributed by atoms with Crippen molar-refractivity contribution in [3.05, 3.63) is 11.6 Å². The number of ketones is 1. The fourth-order valence-corrected chi connectivity index (χ4v) is 8.72. The monoisotopic (exact) mass is 470 g/mol. The van der Waals surface area contributed by atoms with Crippen LogP contribution in [0.2, 0.25) is 0 Å². The number of allylic oxidation sites excluding steroid dienone is 1. The molecular formula is C23H32BrFO4. The van der Waals surface area contributed by atoms with Gasteiger partial charge in [0.15, 0.2) is 12.5 Å². The number of alkyl halides is 2. The fourth-order valence-electron chi connectivity index (χ4n) is 7.54. The summed E-state index contributed by atoms with van der Waals surface area (Å²) in [4.78, 5) is 23.5. The van der Waals surface area contributed by atoms with Gasteiger partial charge in [-0.2, -0.15) is 0 Å². The third-order valence-corrected chi connectivity index (χ3v) is 10.1. The summed E-state index contributed by atoms with van der Waals surface area (Å²) in [5.41, 5.74) is -0.742. The highest BCUT2D eigenvalue weighted by Gasteiger charge is 2.69. The summed E-state index contributed by atoms with van der Waals surface area (Å²) in [6, 6.07) is 0. The van der Waals surface area contributed by atoms with Gasteiger partial charge in [0.25, 0.3) is 0 Å². The molecule has 0 aromatic rings. The predicted octanol–water partition coefficient (Wildman–Crippen LogP) is 4.52. The third-order valence-electron chi connectivity index (χ3n) is 9.11. The maximum Gasteiger partial charge on any atom is 0.302 e. The molecule has 0 heterocycles. The molecule has 0 aromatic carbocycles. The lowest BCUT2D eigenvalue weighted by atomic mass is 9.46. The number of hydrogen-bond donors (Lipinski definition) is 1. The SMILES string of the molecule is CC(=O)OC1CC[C@@]2(C)C(=CC[C@@H]3[C@@H]2CC[C@@]2(C)[C@H]3CC(Br)[C@]2(O)C(=O)CF)C1. The molecule has 0 aromatic heterocycles. The van der Waals surface area contributed by atoms with Gasteiger partial charge in [0, 0.05) is 18.8 Å². The number of ether oxygens (including phenoxy) is 1. The molecule has 0 amide bonds. The van der Waals surface area contributed by atoms with Gasteiger partial charge in [-0.15, -0.1) is 0 Å². The molecule has 4 aliphatic carbocycles. The second kappa shape index (κ2) is 7.15. The van der Waals surface area contributed by atoms with Crippen molar-refractivity contribution in [3.63, 3.8) is 0 Å². The Kier molecular flexibility index (Phi) is 5.30. The molecule has 4 rings (SSSR count). The molecule has 3 fully saturated rings. The minimum absolute atomic E-state index is 0.0251. The third kappa shape index (κ3) is 2.91. The molecule has 3 saturated carbocycles. The molecule has 4 nitrogen and oxygen atoms in total. The smallest absolute Gasteiger partial charge is 0.302 e. The summed E-state index contributed by atoms with van der Waals surface area (Å²) in [7, 11) is 0. The molecule has 29 heavy (non-hydrogen) atoms. The number of carbonyl (C=O) groups excluding carboxylic acids is 2. The van der Waals surface area contributed by atoms with E-state index in [1.165, 1.54) is 12.5 Å². The molecule has 1 N–H and O–H groups in total. The number of hydrogen-bond acceptors (Lipinski definition) is 4. The van der Waals surface area contributed by atoms with Crippen LogP contribution in [-0.2, 0) is 14.3 Å². The van der Waals surface area contributed by atoms with Crippen LogP contribution < -0.4 is 0 Å². The Bertz CT molecular complexity index is 753. The van der Waals surface area contributed by atoms with E-state index in [-0.39, 0.29) is 23.4 Å². The Morgan fingerprint density at radius 2 is 2.00 bits per heavy atom. The number of Topliss-reactive ketones (excluding diaryl/α,β-unsaturated/α-hetero) is 1. The molecule has 6 heteroatoms. The first-order valence-electron chi connectivity index (χ1n) is 10.9. The maximum atomic E-state index is 13.4. The van der Waals surface area contributed by atoms with Crippen molar-refractivity contribution in [2.24, 2.45) is 28.6 Å². The van der Waals surface area contributed by atoms with Crippen LogP contribution in [0.25, 0.3) is 0 Å². The average Bonchev–Trinajstić information content (AvgIpc) is 2.88. The number of halogens is 2. The second-order valence-corrected chi connectivity index (χ2v) is 11.3. The Hall–Kier alpha value is -0.750. The van der Waals surface area contributed by atoms with E-state index in [0.29, 0.717) is 18.3 Å². The van der Waals surface area contributed by atoms with Crippen molar-refractivity contribution in [2.45, 2.75) is 82.2 Å². The topological polar surface area (TPSA) is 63.6 Å². The van der Waals surface area contributed by atoms with E-state index in [9.17, 15) is 19.1 Å². The van der Waals surface area contributed by atoms with E-state index in [1.807, 2.05) is 6.92 Å². The first kappa shape index (κ1) is 21.5. The van der Waals surface area contributed by atoms with Crippen molar-refractivity contribution in [3.8, 4) is 0 Å². The normalized spacial score (nSPS) is 48.8. The van der Waals surface area contributed by atoms with Crippen LogP contribution in [0.5, 0.6) is 0 Å². The molecule has 4 aliphatic rings. The number of fused-ring (bicyclic) bond motifs is 5. The van der Waals surface area contributed by atoms with Gasteiger partial charge in [0.05, 0.1) is 4.83 Å². The minimum Gasteiger partial charge on any atom is -0.462 e. The number of carbonyl (C=O) groups is 2. The van der Waals surface area contributed by atoms with Crippen molar-refractivity contribution < 1.29 is 23.8 Å². The predicted molar refractivity (Wildman–Crippen MR) is 111 cm³/mol. The van der Waals surface area contributed by atoms with E-state index in [4.69, 9.17) is 4.74 Å². The highest BCUT2D eigenvalue weighted by molar-refractivity contribution is 9.09. The summed E-state index contributed by atoms with van der Waals surface area (Å²) >= 11 is 3.56. The highest BCUT2D eigenvalue weighted by Crippen LogP contribution is 2.68.